The molecule has 0 aliphatic rings. The van der Waals surface area contributed by atoms with Gasteiger partial charge in [-0.3, -0.25) is 0 Å². The van der Waals surface area contributed by atoms with E-state index < -0.39 is 5.97 Å². The summed E-state index contributed by atoms with van der Waals surface area (Å²) in [6.07, 6.45) is 3.39. The molecule has 4 heteroatoms. The average Bonchev–Trinajstić information content (AvgIpc) is 2.76. The fourth-order valence-electron chi connectivity index (χ4n) is 1.36. The molecule has 0 aliphatic heterocycles. The van der Waals surface area contributed by atoms with Crippen LogP contribution in [0.3, 0.4) is 0 Å². The van der Waals surface area contributed by atoms with Crippen LogP contribution in [0.1, 0.15) is 16.1 Å². The summed E-state index contributed by atoms with van der Waals surface area (Å²) in [6.45, 7) is 0. The number of aromatic nitrogens is 1. The summed E-state index contributed by atoms with van der Waals surface area (Å²) in [4.78, 5) is 16.3. The highest BCUT2D eigenvalue weighted by atomic mass is 16.7. The minimum Gasteiger partial charge on any atom is -0.350 e. The molecule has 2 aromatic rings. The highest BCUT2D eigenvalue weighted by Crippen LogP contribution is 2.01. The zero-order valence-corrected chi connectivity index (χ0v) is 9.41. The molecule has 0 radical (unpaired) electrons. The van der Waals surface area contributed by atoms with E-state index in [-0.39, 0.29) is 0 Å². The molecule has 0 unspecified atom stereocenters. The monoisotopic (exact) mass is 228 g/mol. The number of benzene rings is 1. The van der Waals surface area contributed by atoms with Crippen molar-refractivity contribution in [1.82, 2.24) is 4.57 Å². The number of carbonyl (C=O) groups is 1. The molecule has 1 aromatic carbocycles. The summed E-state index contributed by atoms with van der Waals surface area (Å²) in [5, 5.41) is 3.66. The molecule has 4 nitrogen and oxygen atoms in total. The van der Waals surface area contributed by atoms with Crippen LogP contribution in [0.4, 0.5) is 0 Å². The van der Waals surface area contributed by atoms with Crippen molar-refractivity contribution in [3.05, 3.63) is 59.9 Å². The molecule has 2 rings (SSSR count). The minimum absolute atomic E-state index is 0.462. The number of carbonyl (C=O) groups excluding carboxylic acids is 1. The number of rotatable bonds is 3. The quantitative estimate of drug-likeness (QED) is 0.459. The predicted molar refractivity (Wildman–Crippen MR) is 64.9 cm³/mol. The molecule has 0 atom stereocenters. The summed E-state index contributed by atoms with van der Waals surface area (Å²) < 4.78 is 1.87. The zero-order valence-electron chi connectivity index (χ0n) is 9.41. The van der Waals surface area contributed by atoms with Crippen LogP contribution in [-0.4, -0.2) is 16.8 Å². The smallest absolute Gasteiger partial charge is 0.350 e. The molecular formula is C13H12N2O2. The summed E-state index contributed by atoms with van der Waals surface area (Å²) in [5.41, 5.74) is 1.35. The van der Waals surface area contributed by atoms with E-state index >= 15 is 0 Å². The van der Waals surface area contributed by atoms with Crippen LogP contribution in [0.15, 0.2) is 53.8 Å². The van der Waals surface area contributed by atoms with Crippen LogP contribution in [0.25, 0.3) is 0 Å². The number of hydrogen-bond acceptors (Lipinski definition) is 3. The van der Waals surface area contributed by atoms with Gasteiger partial charge in [-0.15, -0.1) is 0 Å². The Hall–Kier alpha value is -2.36. The number of oxime groups is 1. The van der Waals surface area contributed by atoms with E-state index in [2.05, 4.69) is 5.16 Å². The Morgan fingerprint density at radius 2 is 2.00 bits per heavy atom. The van der Waals surface area contributed by atoms with Gasteiger partial charge in [0.05, 0.1) is 17.5 Å². The molecule has 0 saturated heterocycles. The first-order chi connectivity index (χ1) is 8.27. The third kappa shape index (κ3) is 2.81. The topological polar surface area (TPSA) is 43.6 Å². The lowest BCUT2D eigenvalue weighted by Crippen LogP contribution is -2.01. The lowest BCUT2D eigenvalue weighted by atomic mass is 10.2. The van der Waals surface area contributed by atoms with Gasteiger partial charge in [0, 0.05) is 13.2 Å². The lowest BCUT2D eigenvalue weighted by molar-refractivity contribution is 0.0519. The highest BCUT2D eigenvalue weighted by molar-refractivity contribution is 5.89. The van der Waals surface area contributed by atoms with Crippen molar-refractivity contribution < 1.29 is 9.63 Å². The van der Waals surface area contributed by atoms with Gasteiger partial charge in [-0.25, -0.2) is 4.79 Å². The zero-order chi connectivity index (χ0) is 12.1. The third-order valence-corrected chi connectivity index (χ3v) is 2.31. The third-order valence-electron chi connectivity index (χ3n) is 2.31. The maximum absolute atomic E-state index is 11.5. The predicted octanol–water partition coefficient (Wildman–Crippen LogP) is 2.22. The molecule has 0 N–H and O–H groups in total. The molecule has 0 saturated carbocycles. The number of nitrogens with zero attached hydrogens (tertiary/aromatic N) is 2. The van der Waals surface area contributed by atoms with Crippen molar-refractivity contribution in [3.63, 3.8) is 0 Å². The number of hydrogen-bond donors (Lipinski definition) is 0. The lowest BCUT2D eigenvalue weighted by Gasteiger charge is -1.97. The van der Waals surface area contributed by atoms with E-state index in [4.69, 9.17) is 4.84 Å². The fourth-order valence-corrected chi connectivity index (χ4v) is 1.36. The van der Waals surface area contributed by atoms with Gasteiger partial charge >= 0.3 is 5.97 Å². The highest BCUT2D eigenvalue weighted by Gasteiger charge is 2.04. The van der Waals surface area contributed by atoms with Crippen molar-refractivity contribution in [1.29, 1.82) is 0 Å². The normalized spacial score (nSPS) is 10.6. The van der Waals surface area contributed by atoms with Crippen LogP contribution in [0.5, 0.6) is 0 Å². The molecular weight excluding hydrogens is 216 g/mol. The summed E-state index contributed by atoms with van der Waals surface area (Å²) in [5.74, 6) is -0.462. The first kappa shape index (κ1) is 11.1. The van der Waals surface area contributed by atoms with Crippen molar-refractivity contribution in [2.45, 2.75) is 0 Å². The second-order valence-corrected chi connectivity index (χ2v) is 3.52. The minimum atomic E-state index is -0.462. The van der Waals surface area contributed by atoms with E-state index in [9.17, 15) is 4.79 Å². The van der Waals surface area contributed by atoms with Crippen LogP contribution >= 0.6 is 0 Å². The Labute approximate surface area is 99.1 Å². The average molecular weight is 228 g/mol. The molecule has 17 heavy (non-hydrogen) atoms. The molecule has 0 bridgehead atoms. The molecule has 1 heterocycles. The molecule has 0 aliphatic carbocycles. The van der Waals surface area contributed by atoms with Crippen molar-refractivity contribution >= 4 is 12.2 Å². The number of aryl methyl sites for hydroxylation is 1. The van der Waals surface area contributed by atoms with Gasteiger partial charge in [-0.1, -0.05) is 23.4 Å². The van der Waals surface area contributed by atoms with Gasteiger partial charge in [0.2, 0.25) is 0 Å². The van der Waals surface area contributed by atoms with Gasteiger partial charge in [0.25, 0.3) is 0 Å². The first-order valence-corrected chi connectivity index (χ1v) is 5.18. The second-order valence-electron chi connectivity index (χ2n) is 3.52. The molecule has 0 amide bonds. The Morgan fingerprint density at radius 1 is 1.24 bits per heavy atom. The van der Waals surface area contributed by atoms with Crippen molar-refractivity contribution in [2.75, 3.05) is 0 Å². The molecule has 86 valence electrons. The Bertz CT molecular complexity index is 529. The summed E-state index contributed by atoms with van der Waals surface area (Å²) >= 11 is 0. The summed E-state index contributed by atoms with van der Waals surface area (Å²) in [7, 11) is 1.89. The maximum Gasteiger partial charge on any atom is 0.365 e. The standard InChI is InChI=1S/C13H12N2O2/c1-15-9-5-8-12(15)10-14-17-13(16)11-6-3-2-4-7-11/h2-10H,1H3/b14-10-. The van der Waals surface area contributed by atoms with Crippen molar-refractivity contribution in [2.24, 2.45) is 12.2 Å². The SMILES string of the molecule is Cn1cccc1/C=N\OC(=O)c1ccccc1. The van der Waals surface area contributed by atoms with Gasteiger partial charge in [-0.05, 0) is 24.3 Å². The Kier molecular flexibility index (Phi) is 3.35. The largest absolute Gasteiger partial charge is 0.365 e. The Balaban J connectivity index is 1.97. The van der Waals surface area contributed by atoms with Gasteiger partial charge in [0.1, 0.15) is 0 Å². The fraction of sp³-hybridized carbons (Fsp3) is 0.0769. The van der Waals surface area contributed by atoms with Crippen LogP contribution < -0.4 is 0 Å². The molecule has 0 spiro atoms. The van der Waals surface area contributed by atoms with Crippen molar-refractivity contribution in [3.8, 4) is 0 Å². The van der Waals surface area contributed by atoms with E-state index in [1.54, 1.807) is 24.3 Å². The molecule has 0 fully saturated rings. The van der Waals surface area contributed by atoms with Gasteiger partial charge < -0.3 is 9.40 Å². The Morgan fingerprint density at radius 3 is 2.65 bits per heavy atom. The van der Waals surface area contributed by atoms with Crippen LogP contribution in [-0.2, 0) is 11.9 Å². The van der Waals surface area contributed by atoms with E-state index in [0.717, 1.165) is 5.69 Å². The molecule has 1 aromatic heterocycles. The van der Waals surface area contributed by atoms with Crippen LogP contribution in [0, 0.1) is 0 Å². The van der Waals surface area contributed by atoms with Gasteiger partial charge in [-0.2, -0.15) is 0 Å². The maximum atomic E-state index is 11.5. The van der Waals surface area contributed by atoms with Gasteiger partial charge in [0.15, 0.2) is 0 Å². The van der Waals surface area contributed by atoms with E-state index in [1.807, 2.05) is 36.0 Å². The van der Waals surface area contributed by atoms with E-state index in [1.165, 1.54) is 6.21 Å². The first-order valence-electron chi connectivity index (χ1n) is 5.18. The summed E-state index contributed by atoms with van der Waals surface area (Å²) in [6, 6.07) is 12.5. The van der Waals surface area contributed by atoms with E-state index in [0.29, 0.717) is 5.56 Å². The van der Waals surface area contributed by atoms with Crippen LogP contribution in [0.2, 0.25) is 0 Å². The second kappa shape index (κ2) is 5.12.